The molecule has 0 amide bonds. The van der Waals surface area contributed by atoms with Gasteiger partial charge < -0.3 is 11.1 Å². The Labute approximate surface area is 118 Å². The van der Waals surface area contributed by atoms with Crippen molar-refractivity contribution in [1.29, 1.82) is 0 Å². The van der Waals surface area contributed by atoms with Gasteiger partial charge in [0.15, 0.2) is 0 Å². The molecule has 1 heterocycles. The average molecular weight is 285 g/mol. The molecule has 0 spiro atoms. The molecule has 1 saturated carbocycles. The smallest absolute Gasteiger partial charge is 0.291 e. The predicted octanol–water partition coefficient (Wildman–Crippen LogP) is 1.85. The van der Waals surface area contributed by atoms with Gasteiger partial charge in [-0.05, 0) is 32.1 Å². The van der Waals surface area contributed by atoms with Gasteiger partial charge in [-0.1, -0.05) is 18.0 Å². The van der Waals surface area contributed by atoms with Crippen LogP contribution >= 0.6 is 11.6 Å². The number of aromatic nitrogens is 2. The molecule has 1 fully saturated rings. The highest BCUT2D eigenvalue weighted by Gasteiger charge is 2.20. The first-order valence-corrected chi connectivity index (χ1v) is 7.21. The number of anilines is 1. The zero-order valence-electron chi connectivity index (χ0n) is 11.2. The topological polar surface area (TPSA) is 72.9 Å². The number of nitrogens with two attached hydrogens (primary N) is 1. The summed E-state index contributed by atoms with van der Waals surface area (Å²) in [7, 11) is 0. The summed E-state index contributed by atoms with van der Waals surface area (Å²) in [4.78, 5) is 12.3. The van der Waals surface area contributed by atoms with E-state index < -0.39 is 0 Å². The Balaban J connectivity index is 2.07. The predicted molar refractivity (Wildman–Crippen MR) is 77.6 cm³/mol. The van der Waals surface area contributed by atoms with Crippen LogP contribution in [0.15, 0.2) is 11.0 Å². The summed E-state index contributed by atoms with van der Waals surface area (Å²) in [6.07, 6.45) is 5.96. The van der Waals surface area contributed by atoms with Crippen molar-refractivity contribution in [3.8, 4) is 0 Å². The molecule has 1 unspecified atom stereocenters. The lowest BCUT2D eigenvalue weighted by molar-refractivity contribution is 0.262. The highest BCUT2D eigenvalue weighted by atomic mass is 35.5. The number of rotatable bonds is 6. The van der Waals surface area contributed by atoms with Crippen LogP contribution in [-0.4, -0.2) is 22.4 Å². The fourth-order valence-electron chi connectivity index (χ4n) is 2.10. The van der Waals surface area contributed by atoms with Gasteiger partial charge in [-0.25, -0.2) is 4.68 Å². The van der Waals surface area contributed by atoms with E-state index in [4.69, 9.17) is 17.3 Å². The van der Waals surface area contributed by atoms with E-state index in [-0.39, 0.29) is 11.6 Å². The Morgan fingerprint density at radius 3 is 2.95 bits per heavy atom. The van der Waals surface area contributed by atoms with Gasteiger partial charge in [-0.3, -0.25) is 4.79 Å². The monoisotopic (exact) mass is 284 g/mol. The van der Waals surface area contributed by atoms with Gasteiger partial charge in [0.2, 0.25) is 0 Å². The number of nitrogens with zero attached hydrogens (tertiary/aromatic N) is 2. The fraction of sp³-hybridized carbons (Fsp3) is 0.692. The van der Waals surface area contributed by atoms with Crippen molar-refractivity contribution in [1.82, 2.24) is 9.78 Å². The Bertz CT molecular complexity index is 482. The van der Waals surface area contributed by atoms with Crippen LogP contribution in [0.1, 0.15) is 32.6 Å². The third-order valence-corrected chi connectivity index (χ3v) is 3.84. The molecule has 2 rings (SSSR count). The molecule has 0 radical (unpaired) electrons. The lowest BCUT2D eigenvalue weighted by Gasteiger charge is -2.25. The minimum Gasteiger partial charge on any atom is -0.379 e. The van der Waals surface area contributed by atoms with Crippen LogP contribution in [-0.2, 0) is 6.54 Å². The third kappa shape index (κ3) is 3.70. The molecular weight excluding hydrogens is 264 g/mol. The molecule has 106 valence electrons. The summed E-state index contributed by atoms with van der Waals surface area (Å²) in [6, 6.07) is 0.102. The summed E-state index contributed by atoms with van der Waals surface area (Å²) in [6.45, 7) is 3.27. The first-order chi connectivity index (χ1) is 9.08. The SMILES string of the molecule is CC(N)CCNc1c(Cl)cnn(CC2CCC2)c1=O. The molecule has 3 N–H and O–H groups in total. The van der Waals surface area contributed by atoms with E-state index in [0.29, 0.717) is 29.7 Å². The average Bonchev–Trinajstić information content (AvgIpc) is 2.30. The molecule has 0 bridgehead atoms. The molecule has 0 saturated heterocycles. The maximum Gasteiger partial charge on any atom is 0.291 e. The minimum absolute atomic E-state index is 0.102. The first kappa shape index (κ1) is 14.3. The van der Waals surface area contributed by atoms with Crippen LogP contribution < -0.4 is 16.6 Å². The molecule has 1 atom stereocenters. The first-order valence-electron chi connectivity index (χ1n) is 6.83. The standard InChI is InChI=1S/C13H21ClN4O/c1-9(15)5-6-16-12-11(14)7-17-18(13(12)19)8-10-3-2-4-10/h7,9-10,16H,2-6,8,15H2,1H3. The molecular formula is C13H21ClN4O. The van der Waals surface area contributed by atoms with Gasteiger partial charge in [0, 0.05) is 19.1 Å². The fourth-order valence-corrected chi connectivity index (χ4v) is 2.29. The van der Waals surface area contributed by atoms with Crippen molar-refractivity contribution in [2.75, 3.05) is 11.9 Å². The maximum absolute atomic E-state index is 12.3. The Morgan fingerprint density at radius 2 is 2.37 bits per heavy atom. The summed E-state index contributed by atoms with van der Waals surface area (Å²) >= 11 is 6.03. The Morgan fingerprint density at radius 1 is 1.63 bits per heavy atom. The van der Waals surface area contributed by atoms with Crippen molar-refractivity contribution >= 4 is 17.3 Å². The van der Waals surface area contributed by atoms with Crippen molar-refractivity contribution in [2.24, 2.45) is 11.7 Å². The van der Waals surface area contributed by atoms with Crippen molar-refractivity contribution in [3.63, 3.8) is 0 Å². The van der Waals surface area contributed by atoms with E-state index in [1.165, 1.54) is 30.1 Å². The lowest BCUT2D eigenvalue weighted by Crippen LogP contribution is -2.31. The second-order valence-electron chi connectivity index (χ2n) is 5.34. The lowest BCUT2D eigenvalue weighted by atomic mass is 9.85. The van der Waals surface area contributed by atoms with E-state index in [2.05, 4.69) is 10.4 Å². The van der Waals surface area contributed by atoms with Gasteiger partial charge in [0.05, 0.1) is 11.2 Å². The summed E-state index contributed by atoms with van der Waals surface area (Å²) in [5, 5.41) is 7.56. The van der Waals surface area contributed by atoms with Gasteiger partial charge >= 0.3 is 0 Å². The molecule has 5 nitrogen and oxygen atoms in total. The molecule has 1 aliphatic rings. The number of nitrogens with one attached hydrogen (secondary N) is 1. The molecule has 1 aromatic rings. The van der Waals surface area contributed by atoms with Crippen molar-refractivity contribution in [2.45, 2.75) is 45.2 Å². The number of hydrogen-bond acceptors (Lipinski definition) is 4. The second-order valence-corrected chi connectivity index (χ2v) is 5.75. The van der Waals surface area contributed by atoms with Gasteiger partial charge in [0.1, 0.15) is 5.69 Å². The van der Waals surface area contributed by atoms with Crippen LogP contribution in [0.5, 0.6) is 0 Å². The second kappa shape index (κ2) is 6.39. The third-order valence-electron chi connectivity index (χ3n) is 3.55. The summed E-state index contributed by atoms with van der Waals surface area (Å²) < 4.78 is 1.52. The van der Waals surface area contributed by atoms with Gasteiger partial charge in [-0.2, -0.15) is 5.10 Å². The van der Waals surface area contributed by atoms with Crippen LogP contribution in [0.25, 0.3) is 0 Å². The van der Waals surface area contributed by atoms with E-state index in [1.807, 2.05) is 6.92 Å². The van der Waals surface area contributed by atoms with E-state index >= 15 is 0 Å². The van der Waals surface area contributed by atoms with Crippen LogP contribution in [0.3, 0.4) is 0 Å². The molecule has 19 heavy (non-hydrogen) atoms. The number of hydrogen-bond donors (Lipinski definition) is 2. The zero-order chi connectivity index (χ0) is 13.8. The molecule has 6 heteroatoms. The quantitative estimate of drug-likeness (QED) is 0.836. The summed E-state index contributed by atoms with van der Waals surface area (Å²) in [5.41, 5.74) is 5.99. The minimum atomic E-state index is -0.135. The largest absolute Gasteiger partial charge is 0.379 e. The van der Waals surface area contributed by atoms with Crippen LogP contribution in [0.4, 0.5) is 5.69 Å². The highest BCUT2D eigenvalue weighted by molar-refractivity contribution is 6.32. The Hall–Kier alpha value is -1.07. The normalized spacial score (nSPS) is 17.0. The van der Waals surface area contributed by atoms with Gasteiger partial charge in [-0.15, -0.1) is 0 Å². The zero-order valence-corrected chi connectivity index (χ0v) is 12.0. The van der Waals surface area contributed by atoms with Crippen molar-refractivity contribution in [3.05, 3.63) is 21.6 Å². The molecule has 1 aliphatic carbocycles. The van der Waals surface area contributed by atoms with Crippen LogP contribution in [0.2, 0.25) is 5.02 Å². The van der Waals surface area contributed by atoms with E-state index in [9.17, 15) is 4.79 Å². The van der Waals surface area contributed by atoms with Crippen LogP contribution in [0, 0.1) is 5.92 Å². The maximum atomic E-state index is 12.3. The molecule has 1 aromatic heterocycles. The molecule has 0 aromatic carbocycles. The van der Waals surface area contributed by atoms with Crippen molar-refractivity contribution < 1.29 is 0 Å². The van der Waals surface area contributed by atoms with E-state index in [1.54, 1.807) is 0 Å². The number of halogens is 1. The summed E-state index contributed by atoms with van der Waals surface area (Å²) in [5.74, 6) is 0.586. The highest BCUT2D eigenvalue weighted by Crippen LogP contribution is 2.27. The Kier molecular flexibility index (Phi) is 4.82. The van der Waals surface area contributed by atoms with E-state index in [0.717, 1.165) is 6.42 Å². The van der Waals surface area contributed by atoms with Gasteiger partial charge in [0.25, 0.3) is 5.56 Å². The molecule has 0 aliphatic heterocycles.